The van der Waals surface area contributed by atoms with E-state index in [1.54, 1.807) is 11.3 Å². The molecule has 0 atom stereocenters. The zero-order valence-electron chi connectivity index (χ0n) is 13.4. The van der Waals surface area contributed by atoms with Gasteiger partial charge in [-0.1, -0.05) is 42.5 Å². The fourth-order valence-corrected chi connectivity index (χ4v) is 3.59. The Hall–Kier alpha value is -2.33. The first-order valence-corrected chi connectivity index (χ1v) is 8.53. The Bertz CT molecular complexity index is 843. The van der Waals surface area contributed by atoms with Crippen molar-refractivity contribution < 1.29 is 4.79 Å². The van der Waals surface area contributed by atoms with E-state index in [-0.39, 0.29) is 5.91 Å². The van der Waals surface area contributed by atoms with Crippen LogP contribution in [0.3, 0.4) is 0 Å². The predicted molar refractivity (Wildman–Crippen MR) is 97.0 cm³/mol. The Balaban J connectivity index is 1.85. The van der Waals surface area contributed by atoms with E-state index in [1.807, 2.05) is 49.4 Å². The summed E-state index contributed by atoms with van der Waals surface area (Å²) in [5, 5.41) is 3.02. The monoisotopic (exact) mass is 324 g/mol. The molecule has 0 bridgehead atoms. The maximum Gasteiger partial charge on any atom is 0.268 e. The summed E-state index contributed by atoms with van der Waals surface area (Å²) >= 11 is 1.73. The minimum atomic E-state index is -0.0283. The standard InChI is InChI=1S/C19H20N2OS/c1-3-4-10-21-16-11-14(2)23-18(16)12-17(21)19(22)20-13-15-8-6-5-7-9-15/h3-9,11-12H,10,13H2,1-2H3,(H,20,22)/b4-3+. The lowest BCUT2D eigenvalue weighted by atomic mass is 10.2. The molecule has 0 saturated carbocycles. The molecule has 1 amide bonds. The highest BCUT2D eigenvalue weighted by Gasteiger charge is 2.16. The van der Waals surface area contributed by atoms with Crippen molar-refractivity contribution in [3.05, 3.63) is 70.8 Å². The first-order chi connectivity index (χ1) is 11.2. The number of rotatable bonds is 5. The van der Waals surface area contributed by atoms with Gasteiger partial charge in [0.2, 0.25) is 0 Å². The zero-order valence-corrected chi connectivity index (χ0v) is 14.2. The van der Waals surface area contributed by atoms with Crippen LogP contribution in [0.25, 0.3) is 10.2 Å². The summed E-state index contributed by atoms with van der Waals surface area (Å²) in [7, 11) is 0. The molecule has 0 radical (unpaired) electrons. The van der Waals surface area contributed by atoms with Gasteiger partial charge in [0.05, 0.1) is 10.2 Å². The van der Waals surface area contributed by atoms with Gasteiger partial charge in [-0.15, -0.1) is 11.3 Å². The number of benzene rings is 1. The normalized spacial score (nSPS) is 11.4. The summed E-state index contributed by atoms with van der Waals surface area (Å²) in [5.41, 5.74) is 2.96. The number of hydrogen-bond acceptors (Lipinski definition) is 2. The zero-order chi connectivity index (χ0) is 16.2. The molecule has 2 aromatic heterocycles. The summed E-state index contributed by atoms with van der Waals surface area (Å²) in [6.07, 6.45) is 4.08. The fourth-order valence-electron chi connectivity index (χ4n) is 2.63. The Morgan fingerprint density at radius 2 is 2.04 bits per heavy atom. The van der Waals surface area contributed by atoms with Crippen molar-refractivity contribution in [2.75, 3.05) is 0 Å². The predicted octanol–water partition coefficient (Wildman–Crippen LogP) is 4.52. The molecule has 1 aromatic carbocycles. The van der Waals surface area contributed by atoms with Crippen LogP contribution in [0.2, 0.25) is 0 Å². The maximum atomic E-state index is 12.6. The van der Waals surface area contributed by atoms with Crippen molar-refractivity contribution in [2.24, 2.45) is 0 Å². The first-order valence-electron chi connectivity index (χ1n) is 7.72. The lowest BCUT2D eigenvalue weighted by Gasteiger charge is -2.09. The third kappa shape index (κ3) is 3.37. The van der Waals surface area contributed by atoms with Crippen LogP contribution in [0.5, 0.6) is 0 Å². The van der Waals surface area contributed by atoms with E-state index in [0.29, 0.717) is 13.1 Å². The van der Waals surface area contributed by atoms with Gasteiger partial charge in [-0.05, 0) is 31.5 Å². The highest BCUT2D eigenvalue weighted by molar-refractivity contribution is 7.19. The minimum Gasteiger partial charge on any atom is -0.347 e. The summed E-state index contributed by atoms with van der Waals surface area (Å²) < 4.78 is 3.25. The van der Waals surface area contributed by atoms with Crippen molar-refractivity contribution in [1.82, 2.24) is 9.88 Å². The van der Waals surface area contributed by atoms with Crippen molar-refractivity contribution in [2.45, 2.75) is 26.9 Å². The van der Waals surface area contributed by atoms with Gasteiger partial charge >= 0.3 is 0 Å². The summed E-state index contributed by atoms with van der Waals surface area (Å²) in [5.74, 6) is -0.0283. The lowest BCUT2D eigenvalue weighted by molar-refractivity contribution is 0.0942. The molecule has 1 N–H and O–H groups in total. The average molecular weight is 324 g/mol. The number of allylic oxidation sites excluding steroid dienone is 2. The molecule has 3 nitrogen and oxygen atoms in total. The largest absolute Gasteiger partial charge is 0.347 e. The van der Waals surface area contributed by atoms with Gasteiger partial charge in [-0.3, -0.25) is 4.79 Å². The SMILES string of the molecule is C/C=C/Cn1c(C(=O)NCc2ccccc2)cc2sc(C)cc21. The highest BCUT2D eigenvalue weighted by Crippen LogP contribution is 2.28. The second-order valence-electron chi connectivity index (χ2n) is 5.48. The van der Waals surface area contributed by atoms with Gasteiger partial charge in [-0.25, -0.2) is 0 Å². The Labute approximate surface area is 140 Å². The third-order valence-corrected chi connectivity index (χ3v) is 4.75. The van der Waals surface area contributed by atoms with Crippen LogP contribution in [-0.4, -0.2) is 10.5 Å². The van der Waals surface area contributed by atoms with Gasteiger partial charge in [0.1, 0.15) is 5.69 Å². The third-order valence-electron chi connectivity index (χ3n) is 3.77. The smallest absolute Gasteiger partial charge is 0.268 e. The maximum absolute atomic E-state index is 12.6. The van der Waals surface area contributed by atoms with Crippen molar-refractivity contribution in [3.63, 3.8) is 0 Å². The number of nitrogens with zero attached hydrogens (tertiary/aromatic N) is 1. The summed E-state index contributed by atoms with van der Waals surface area (Å²) in [6, 6.07) is 14.1. The number of fused-ring (bicyclic) bond motifs is 1. The van der Waals surface area contributed by atoms with Gasteiger partial charge in [-0.2, -0.15) is 0 Å². The molecule has 23 heavy (non-hydrogen) atoms. The average Bonchev–Trinajstić information content (AvgIpc) is 3.08. The van der Waals surface area contributed by atoms with E-state index in [2.05, 4.69) is 29.0 Å². The van der Waals surface area contributed by atoms with Crippen LogP contribution in [0.15, 0.2) is 54.6 Å². The van der Waals surface area contributed by atoms with E-state index >= 15 is 0 Å². The molecule has 2 heterocycles. The van der Waals surface area contributed by atoms with Crippen LogP contribution in [0.1, 0.15) is 27.9 Å². The van der Waals surface area contributed by atoms with Crippen LogP contribution in [-0.2, 0) is 13.1 Å². The van der Waals surface area contributed by atoms with Crippen LogP contribution in [0, 0.1) is 6.92 Å². The number of carbonyl (C=O) groups is 1. The molecular formula is C19H20N2OS. The number of thiophene rings is 1. The van der Waals surface area contributed by atoms with E-state index in [0.717, 1.165) is 21.5 Å². The first kappa shape index (κ1) is 15.6. The molecule has 0 aliphatic carbocycles. The highest BCUT2D eigenvalue weighted by atomic mass is 32.1. The molecule has 118 valence electrons. The molecule has 0 aliphatic heterocycles. The number of hydrogen-bond donors (Lipinski definition) is 1. The molecular weight excluding hydrogens is 304 g/mol. The number of aryl methyl sites for hydroxylation is 1. The van der Waals surface area contributed by atoms with Crippen molar-refractivity contribution >= 4 is 27.5 Å². The Kier molecular flexibility index (Phi) is 4.63. The van der Waals surface area contributed by atoms with Gasteiger partial charge < -0.3 is 9.88 Å². The lowest BCUT2D eigenvalue weighted by Crippen LogP contribution is -2.25. The van der Waals surface area contributed by atoms with E-state index in [9.17, 15) is 4.79 Å². The van der Waals surface area contributed by atoms with Crippen molar-refractivity contribution in [1.29, 1.82) is 0 Å². The van der Waals surface area contributed by atoms with Gasteiger partial charge in [0, 0.05) is 18.0 Å². The summed E-state index contributed by atoms with van der Waals surface area (Å²) in [6.45, 7) is 5.35. The van der Waals surface area contributed by atoms with Crippen LogP contribution in [0.4, 0.5) is 0 Å². The topological polar surface area (TPSA) is 34.0 Å². The van der Waals surface area contributed by atoms with Gasteiger partial charge in [0.15, 0.2) is 0 Å². The molecule has 0 fully saturated rings. The molecule has 3 rings (SSSR count). The van der Waals surface area contributed by atoms with Crippen molar-refractivity contribution in [3.8, 4) is 0 Å². The van der Waals surface area contributed by atoms with E-state index in [1.165, 1.54) is 4.88 Å². The Morgan fingerprint density at radius 3 is 2.78 bits per heavy atom. The number of carbonyl (C=O) groups excluding carboxylic acids is 1. The quantitative estimate of drug-likeness (QED) is 0.688. The second kappa shape index (κ2) is 6.84. The summed E-state index contributed by atoms with van der Waals surface area (Å²) in [4.78, 5) is 13.9. The van der Waals surface area contributed by atoms with Crippen LogP contribution >= 0.6 is 11.3 Å². The number of aromatic nitrogens is 1. The van der Waals surface area contributed by atoms with Gasteiger partial charge in [0.25, 0.3) is 5.91 Å². The fraction of sp³-hybridized carbons (Fsp3) is 0.211. The van der Waals surface area contributed by atoms with Crippen LogP contribution < -0.4 is 5.32 Å². The van der Waals surface area contributed by atoms with E-state index < -0.39 is 0 Å². The molecule has 0 saturated heterocycles. The molecule has 4 heteroatoms. The second-order valence-corrected chi connectivity index (χ2v) is 6.77. The molecule has 0 aliphatic rings. The molecule has 3 aromatic rings. The number of nitrogens with one attached hydrogen (secondary N) is 1. The minimum absolute atomic E-state index is 0.0283. The molecule has 0 spiro atoms. The number of amides is 1. The van der Waals surface area contributed by atoms with E-state index in [4.69, 9.17) is 0 Å². The molecule has 0 unspecified atom stereocenters. The Morgan fingerprint density at radius 1 is 1.26 bits per heavy atom.